The highest BCUT2D eigenvalue weighted by molar-refractivity contribution is 6.36. The first-order chi connectivity index (χ1) is 18.2. The number of hydrogen-bond donors (Lipinski definition) is 4. The summed E-state index contributed by atoms with van der Waals surface area (Å²) in [5.41, 5.74) is 10.3. The number of methoxy groups -OCH3 is 1. The van der Waals surface area contributed by atoms with Crippen molar-refractivity contribution in [2.45, 2.75) is 51.7 Å². The molecule has 1 fully saturated rings. The van der Waals surface area contributed by atoms with Gasteiger partial charge in [0.05, 0.1) is 7.11 Å². The van der Waals surface area contributed by atoms with Gasteiger partial charge in [0.25, 0.3) is 5.91 Å². The quantitative estimate of drug-likeness (QED) is 0.298. The molecule has 3 amide bonds. The summed E-state index contributed by atoms with van der Waals surface area (Å²) >= 11 is 0. The molecule has 202 valence electrons. The van der Waals surface area contributed by atoms with Crippen molar-refractivity contribution in [2.75, 3.05) is 50.9 Å². The normalized spacial score (nSPS) is 16.6. The van der Waals surface area contributed by atoms with Crippen molar-refractivity contribution in [1.82, 2.24) is 20.4 Å². The van der Waals surface area contributed by atoms with Crippen molar-refractivity contribution < 1.29 is 14.3 Å². The summed E-state index contributed by atoms with van der Waals surface area (Å²) in [6, 6.07) is 9.69. The molecular formula is C28H39BN6O3. The van der Waals surface area contributed by atoms with Gasteiger partial charge in [-0.1, -0.05) is 25.4 Å². The van der Waals surface area contributed by atoms with E-state index in [1.165, 1.54) is 0 Å². The van der Waals surface area contributed by atoms with Crippen LogP contribution < -0.4 is 31.9 Å². The van der Waals surface area contributed by atoms with Gasteiger partial charge in [-0.2, -0.15) is 0 Å². The van der Waals surface area contributed by atoms with E-state index < -0.39 is 0 Å². The Labute approximate surface area is 226 Å². The minimum atomic E-state index is -0.158. The van der Waals surface area contributed by atoms with Gasteiger partial charge in [0, 0.05) is 68.3 Å². The van der Waals surface area contributed by atoms with Gasteiger partial charge in [0.2, 0.25) is 0 Å². The maximum absolute atomic E-state index is 12.9. The van der Waals surface area contributed by atoms with Gasteiger partial charge in [0.1, 0.15) is 13.6 Å². The fraction of sp³-hybridized carbons (Fsp3) is 0.500. The first-order valence-corrected chi connectivity index (χ1v) is 13.4. The number of amides is 3. The zero-order valence-electron chi connectivity index (χ0n) is 22.7. The van der Waals surface area contributed by atoms with Crippen molar-refractivity contribution in [2.24, 2.45) is 0 Å². The summed E-state index contributed by atoms with van der Waals surface area (Å²) < 4.78 is 5.34. The second-order valence-corrected chi connectivity index (χ2v) is 10.4. The predicted molar refractivity (Wildman–Crippen MR) is 152 cm³/mol. The van der Waals surface area contributed by atoms with Crippen LogP contribution >= 0.6 is 0 Å². The highest BCUT2D eigenvalue weighted by Gasteiger charge is 2.30. The number of carbonyl (C=O) groups excluding carboxylic acids is 2. The second-order valence-electron chi connectivity index (χ2n) is 10.4. The SMILES string of the molecule is [B]c1cc(C(=O)NCCN2CCC(N3CCc4cc(OC)ccc4NC3=O)CC2)cc(CNC(C)C)c1N. The van der Waals surface area contributed by atoms with Crippen LogP contribution in [0.15, 0.2) is 30.3 Å². The number of piperidine rings is 1. The number of nitrogens with one attached hydrogen (secondary N) is 3. The Morgan fingerprint density at radius 1 is 1.21 bits per heavy atom. The lowest BCUT2D eigenvalue weighted by atomic mass is 9.89. The van der Waals surface area contributed by atoms with Crippen LogP contribution in [0.3, 0.4) is 0 Å². The van der Waals surface area contributed by atoms with Gasteiger partial charge in [0.15, 0.2) is 0 Å². The fourth-order valence-corrected chi connectivity index (χ4v) is 5.12. The molecule has 2 heterocycles. The van der Waals surface area contributed by atoms with E-state index in [4.69, 9.17) is 18.3 Å². The zero-order valence-corrected chi connectivity index (χ0v) is 22.7. The Kier molecular flexibility index (Phi) is 9.17. The second kappa shape index (κ2) is 12.5. The number of ether oxygens (including phenoxy) is 1. The number of nitrogens with zero attached hydrogens (tertiary/aromatic N) is 2. The van der Waals surface area contributed by atoms with Crippen LogP contribution in [0.25, 0.3) is 0 Å². The fourth-order valence-electron chi connectivity index (χ4n) is 5.12. The number of hydrogen-bond acceptors (Lipinski definition) is 6. The molecule has 10 heteroatoms. The molecule has 2 aromatic carbocycles. The highest BCUT2D eigenvalue weighted by atomic mass is 16.5. The van der Waals surface area contributed by atoms with Crippen molar-refractivity contribution in [3.63, 3.8) is 0 Å². The summed E-state index contributed by atoms with van der Waals surface area (Å²) in [6.45, 7) is 8.40. The van der Waals surface area contributed by atoms with E-state index in [0.29, 0.717) is 42.4 Å². The molecule has 1 saturated heterocycles. The van der Waals surface area contributed by atoms with Gasteiger partial charge in [-0.3, -0.25) is 4.79 Å². The monoisotopic (exact) mass is 518 g/mol. The van der Waals surface area contributed by atoms with Crippen molar-refractivity contribution in [1.29, 1.82) is 0 Å². The van der Waals surface area contributed by atoms with Gasteiger partial charge in [-0.25, -0.2) is 4.79 Å². The number of urea groups is 1. The van der Waals surface area contributed by atoms with Gasteiger partial charge in [-0.15, -0.1) is 0 Å². The minimum Gasteiger partial charge on any atom is -0.497 e. The third kappa shape index (κ3) is 6.79. The zero-order chi connectivity index (χ0) is 27.2. The molecule has 38 heavy (non-hydrogen) atoms. The number of nitrogens with two attached hydrogens (primary N) is 1. The molecule has 2 aliphatic heterocycles. The lowest BCUT2D eigenvalue weighted by molar-refractivity contribution is 0.0937. The topological polar surface area (TPSA) is 112 Å². The van der Waals surface area contributed by atoms with Gasteiger partial charge >= 0.3 is 6.03 Å². The third-order valence-electron chi connectivity index (χ3n) is 7.41. The first-order valence-electron chi connectivity index (χ1n) is 13.4. The van der Waals surface area contributed by atoms with E-state index in [2.05, 4.69) is 34.7 Å². The molecule has 0 saturated carbocycles. The van der Waals surface area contributed by atoms with Gasteiger partial charge < -0.3 is 36.2 Å². The van der Waals surface area contributed by atoms with E-state index in [0.717, 1.165) is 61.5 Å². The van der Waals surface area contributed by atoms with E-state index in [9.17, 15) is 9.59 Å². The van der Waals surface area contributed by atoms with Crippen molar-refractivity contribution >= 4 is 36.6 Å². The predicted octanol–water partition coefficient (Wildman–Crippen LogP) is 1.85. The van der Waals surface area contributed by atoms with Crippen LogP contribution in [0.5, 0.6) is 5.75 Å². The highest BCUT2D eigenvalue weighted by Crippen LogP contribution is 2.27. The largest absolute Gasteiger partial charge is 0.497 e. The van der Waals surface area contributed by atoms with E-state index in [-0.39, 0.29) is 18.0 Å². The summed E-state index contributed by atoms with van der Waals surface area (Å²) in [7, 11) is 7.72. The Hall–Kier alpha value is -3.24. The van der Waals surface area contributed by atoms with Crippen LogP contribution in [-0.2, 0) is 13.0 Å². The number of rotatable bonds is 9. The molecule has 2 radical (unpaired) electrons. The third-order valence-corrected chi connectivity index (χ3v) is 7.41. The molecule has 4 rings (SSSR count). The average molecular weight is 518 g/mol. The molecular weight excluding hydrogens is 479 g/mol. The molecule has 0 aromatic heterocycles. The van der Waals surface area contributed by atoms with Crippen LogP contribution in [0.1, 0.15) is 48.2 Å². The van der Waals surface area contributed by atoms with E-state index in [1.54, 1.807) is 13.2 Å². The molecule has 0 bridgehead atoms. The molecule has 0 atom stereocenters. The molecule has 2 aromatic rings. The number of nitrogen functional groups attached to an aromatic ring is 1. The maximum atomic E-state index is 12.9. The number of carbonyl (C=O) groups is 2. The average Bonchev–Trinajstić information content (AvgIpc) is 3.07. The van der Waals surface area contributed by atoms with Gasteiger partial charge in [-0.05, 0) is 54.7 Å². The van der Waals surface area contributed by atoms with E-state index >= 15 is 0 Å². The number of likely N-dealkylation sites (tertiary alicyclic amines) is 1. The molecule has 0 aliphatic carbocycles. The Morgan fingerprint density at radius 2 is 1.97 bits per heavy atom. The maximum Gasteiger partial charge on any atom is 0.322 e. The molecule has 5 N–H and O–H groups in total. The molecule has 0 spiro atoms. The summed E-state index contributed by atoms with van der Waals surface area (Å²) in [5.74, 6) is 0.644. The lowest BCUT2D eigenvalue weighted by Gasteiger charge is -2.38. The van der Waals surface area contributed by atoms with Crippen LogP contribution in [0.2, 0.25) is 0 Å². The summed E-state index contributed by atoms with van der Waals surface area (Å²) in [5, 5.41) is 9.40. The summed E-state index contributed by atoms with van der Waals surface area (Å²) in [6.07, 6.45) is 2.60. The number of benzene rings is 2. The Bertz CT molecular complexity index is 1150. The number of fused-ring (bicyclic) bond motifs is 1. The lowest BCUT2D eigenvalue weighted by Crippen LogP contribution is -2.49. The molecule has 2 aliphatic rings. The van der Waals surface area contributed by atoms with E-state index in [1.807, 2.05) is 29.2 Å². The van der Waals surface area contributed by atoms with Crippen LogP contribution in [-0.4, -0.2) is 81.5 Å². The Balaban J connectivity index is 1.24. The Morgan fingerprint density at radius 3 is 2.68 bits per heavy atom. The van der Waals surface area contributed by atoms with Crippen molar-refractivity contribution in [3.05, 3.63) is 47.0 Å². The molecule has 9 nitrogen and oxygen atoms in total. The van der Waals surface area contributed by atoms with Crippen LogP contribution in [0.4, 0.5) is 16.2 Å². The smallest absolute Gasteiger partial charge is 0.322 e. The van der Waals surface area contributed by atoms with Crippen molar-refractivity contribution in [3.8, 4) is 5.75 Å². The standard InChI is InChI=1S/C28H39BN6O3/c1-18(2)32-17-21-14-20(16-24(29)26(21)30)27(36)31-9-13-34-10-7-22(8-11-34)35-12-6-19-15-23(38-3)4-5-25(19)33-28(35)37/h4-5,14-16,18,22,32H,6-13,17,30H2,1-3H3,(H,31,36)(H,33,37). The minimum absolute atomic E-state index is 0.0367. The summed E-state index contributed by atoms with van der Waals surface area (Å²) in [4.78, 5) is 30.0. The molecule has 0 unspecified atom stereocenters. The number of anilines is 2. The van der Waals surface area contributed by atoms with Crippen LogP contribution in [0, 0.1) is 0 Å². The first kappa shape index (κ1) is 27.8.